The molecule has 3 heterocycles. The zero-order valence-corrected chi connectivity index (χ0v) is 19.1. The number of aryl methyl sites for hydroxylation is 1. The standard InChI is InChI=1S/C22H27ClN6O2/c1-14(2)13-29-19(16-7-5-6-8-17(16)23)26-18-20(24-15(3)25-21(18)29)27-9-11-28(12-10-27)22(30)31-4/h5-8,14H,9-13H2,1-4H3. The zero-order chi connectivity index (χ0) is 22.1. The zero-order valence-electron chi connectivity index (χ0n) is 18.3. The van der Waals surface area contributed by atoms with Crippen LogP contribution in [-0.2, 0) is 11.3 Å². The molecule has 1 aliphatic heterocycles. The fraction of sp³-hybridized carbons (Fsp3) is 0.455. The van der Waals surface area contributed by atoms with E-state index in [1.54, 1.807) is 4.90 Å². The molecule has 0 saturated carbocycles. The number of fused-ring (bicyclic) bond motifs is 1. The quantitative estimate of drug-likeness (QED) is 0.607. The second kappa shape index (κ2) is 8.70. The highest BCUT2D eigenvalue weighted by molar-refractivity contribution is 6.33. The molecule has 8 nitrogen and oxygen atoms in total. The van der Waals surface area contributed by atoms with Gasteiger partial charge in [-0.15, -0.1) is 0 Å². The molecule has 9 heteroatoms. The number of ether oxygens (including phenoxy) is 1. The molecule has 0 spiro atoms. The van der Waals surface area contributed by atoms with Crippen LogP contribution in [0.15, 0.2) is 24.3 Å². The molecule has 1 saturated heterocycles. The summed E-state index contributed by atoms with van der Waals surface area (Å²) in [4.78, 5) is 30.2. The Bertz CT molecular complexity index is 1100. The Balaban J connectivity index is 1.81. The van der Waals surface area contributed by atoms with E-state index in [9.17, 15) is 4.79 Å². The molecule has 1 amide bonds. The highest BCUT2D eigenvalue weighted by Gasteiger charge is 2.27. The maximum absolute atomic E-state index is 11.8. The van der Waals surface area contributed by atoms with Crippen molar-refractivity contribution in [3.8, 4) is 11.4 Å². The van der Waals surface area contributed by atoms with Gasteiger partial charge in [-0.25, -0.2) is 19.7 Å². The van der Waals surface area contributed by atoms with Crippen molar-refractivity contribution in [2.24, 2.45) is 5.92 Å². The predicted octanol–water partition coefficient (Wildman–Crippen LogP) is 4.00. The predicted molar refractivity (Wildman–Crippen MR) is 122 cm³/mol. The molecule has 164 valence electrons. The fourth-order valence-corrected chi connectivity index (χ4v) is 4.15. The van der Waals surface area contributed by atoms with Crippen LogP contribution in [0.4, 0.5) is 10.6 Å². The summed E-state index contributed by atoms with van der Waals surface area (Å²) in [6.07, 6.45) is -0.300. The van der Waals surface area contributed by atoms with Gasteiger partial charge in [-0.05, 0) is 25.0 Å². The van der Waals surface area contributed by atoms with Crippen molar-refractivity contribution in [1.82, 2.24) is 24.4 Å². The van der Waals surface area contributed by atoms with E-state index in [1.165, 1.54) is 7.11 Å². The Morgan fingerprint density at radius 3 is 2.48 bits per heavy atom. The maximum atomic E-state index is 11.8. The summed E-state index contributed by atoms with van der Waals surface area (Å²) < 4.78 is 6.99. The summed E-state index contributed by atoms with van der Waals surface area (Å²) in [6, 6.07) is 7.73. The number of rotatable bonds is 4. The van der Waals surface area contributed by atoms with Crippen LogP contribution in [0.5, 0.6) is 0 Å². The summed E-state index contributed by atoms with van der Waals surface area (Å²) in [7, 11) is 1.41. The highest BCUT2D eigenvalue weighted by atomic mass is 35.5. The van der Waals surface area contributed by atoms with E-state index in [2.05, 4.69) is 23.3 Å². The van der Waals surface area contributed by atoms with Crippen molar-refractivity contribution in [1.29, 1.82) is 0 Å². The first-order valence-electron chi connectivity index (χ1n) is 10.5. The van der Waals surface area contributed by atoms with Gasteiger partial charge in [-0.1, -0.05) is 37.6 Å². The van der Waals surface area contributed by atoms with Crippen LogP contribution in [0, 0.1) is 12.8 Å². The molecule has 4 rings (SSSR count). The lowest BCUT2D eigenvalue weighted by Crippen LogP contribution is -2.49. The smallest absolute Gasteiger partial charge is 0.409 e. The van der Waals surface area contributed by atoms with Crippen molar-refractivity contribution in [2.75, 3.05) is 38.2 Å². The number of hydrogen-bond acceptors (Lipinski definition) is 6. The molecule has 0 bridgehead atoms. The van der Waals surface area contributed by atoms with Gasteiger partial charge in [0.2, 0.25) is 0 Å². The Morgan fingerprint density at radius 2 is 1.84 bits per heavy atom. The lowest BCUT2D eigenvalue weighted by atomic mass is 10.2. The SMILES string of the molecule is COC(=O)N1CCN(c2nc(C)nc3c2nc(-c2ccccc2Cl)n3CC(C)C)CC1. The number of benzene rings is 1. The van der Waals surface area contributed by atoms with Crippen molar-refractivity contribution in [2.45, 2.75) is 27.3 Å². The van der Waals surface area contributed by atoms with E-state index in [0.717, 1.165) is 34.9 Å². The minimum atomic E-state index is -0.300. The average Bonchev–Trinajstić information content (AvgIpc) is 3.10. The van der Waals surface area contributed by atoms with Crippen LogP contribution in [0.3, 0.4) is 0 Å². The van der Waals surface area contributed by atoms with Crippen LogP contribution in [0.2, 0.25) is 5.02 Å². The summed E-state index contributed by atoms with van der Waals surface area (Å²) >= 11 is 6.52. The lowest BCUT2D eigenvalue weighted by molar-refractivity contribution is 0.121. The van der Waals surface area contributed by atoms with Crippen molar-refractivity contribution >= 4 is 34.7 Å². The van der Waals surface area contributed by atoms with Gasteiger partial charge in [0.15, 0.2) is 17.0 Å². The molecule has 2 aromatic heterocycles. The number of hydrogen-bond donors (Lipinski definition) is 0. The van der Waals surface area contributed by atoms with Gasteiger partial charge in [0.1, 0.15) is 11.6 Å². The van der Waals surface area contributed by atoms with Crippen molar-refractivity contribution < 1.29 is 9.53 Å². The van der Waals surface area contributed by atoms with Gasteiger partial charge in [0.25, 0.3) is 0 Å². The third-order valence-electron chi connectivity index (χ3n) is 5.36. The molecule has 0 aliphatic carbocycles. The van der Waals surface area contributed by atoms with E-state index in [4.69, 9.17) is 31.3 Å². The molecular weight excluding hydrogens is 416 g/mol. The minimum Gasteiger partial charge on any atom is -0.453 e. The summed E-state index contributed by atoms with van der Waals surface area (Å²) in [5.74, 6) is 2.68. The number of imidazole rings is 1. The number of piperazine rings is 1. The second-order valence-corrected chi connectivity index (χ2v) is 8.54. The molecule has 3 aromatic rings. The number of nitrogens with zero attached hydrogens (tertiary/aromatic N) is 6. The molecule has 31 heavy (non-hydrogen) atoms. The van der Waals surface area contributed by atoms with Crippen LogP contribution < -0.4 is 4.90 Å². The van der Waals surface area contributed by atoms with Gasteiger partial charge >= 0.3 is 6.09 Å². The van der Waals surface area contributed by atoms with Gasteiger partial charge in [0, 0.05) is 38.3 Å². The van der Waals surface area contributed by atoms with E-state index in [-0.39, 0.29) is 6.09 Å². The number of halogens is 1. The van der Waals surface area contributed by atoms with E-state index < -0.39 is 0 Å². The third-order valence-corrected chi connectivity index (χ3v) is 5.69. The van der Waals surface area contributed by atoms with E-state index >= 15 is 0 Å². The fourth-order valence-electron chi connectivity index (χ4n) is 3.93. The molecular formula is C22H27ClN6O2. The monoisotopic (exact) mass is 442 g/mol. The number of aromatic nitrogens is 4. The number of methoxy groups -OCH3 is 1. The van der Waals surface area contributed by atoms with Gasteiger partial charge in [0.05, 0.1) is 12.1 Å². The average molecular weight is 443 g/mol. The summed E-state index contributed by atoms with van der Waals surface area (Å²) in [5, 5.41) is 0.653. The largest absolute Gasteiger partial charge is 0.453 e. The van der Waals surface area contributed by atoms with Gasteiger partial charge in [-0.2, -0.15) is 0 Å². The third kappa shape index (κ3) is 4.17. The van der Waals surface area contributed by atoms with Crippen LogP contribution in [0.1, 0.15) is 19.7 Å². The second-order valence-electron chi connectivity index (χ2n) is 8.13. The molecule has 0 unspecified atom stereocenters. The first kappa shape index (κ1) is 21.4. The molecule has 1 aliphatic rings. The molecule has 0 N–H and O–H groups in total. The number of carbonyl (C=O) groups is 1. The molecule has 0 radical (unpaired) electrons. The lowest BCUT2D eigenvalue weighted by Gasteiger charge is -2.34. The first-order chi connectivity index (χ1) is 14.9. The van der Waals surface area contributed by atoms with Crippen LogP contribution in [0.25, 0.3) is 22.6 Å². The Hall–Kier alpha value is -2.87. The van der Waals surface area contributed by atoms with Crippen LogP contribution >= 0.6 is 11.6 Å². The van der Waals surface area contributed by atoms with Gasteiger partial charge in [-0.3, -0.25) is 0 Å². The number of amides is 1. The normalized spacial score (nSPS) is 14.5. The molecule has 1 fully saturated rings. The van der Waals surface area contributed by atoms with Gasteiger partial charge < -0.3 is 19.1 Å². The Kier molecular flexibility index (Phi) is 6.00. The van der Waals surface area contributed by atoms with Crippen molar-refractivity contribution in [3.05, 3.63) is 35.1 Å². The molecule has 1 aromatic carbocycles. The van der Waals surface area contributed by atoms with E-state index in [0.29, 0.717) is 42.9 Å². The van der Waals surface area contributed by atoms with E-state index in [1.807, 2.05) is 31.2 Å². The summed E-state index contributed by atoms with van der Waals surface area (Å²) in [5.41, 5.74) is 2.44. The van der Waals surface area contributed by atoms with Crippen molar-refractivity contribution in [3.63, 3.8) is 0 Å². The minimum absolute atomic E-state index is 0.300. The summed E-state index contributed by atoms with van der Waals surface area (Å²) in [6.45, 7) is 9.45. The highest BCUT2D eigenvalue weighted by Crippen LogP contribution is 2.33. The number of anilines is 1. The molecule has 0 atom stereocenters. The maximum Gasteiger partial charge on any atom is 0.409 e. The number of carbonyl (C=O) groups excluding carboxylic acids is 1. The topological polar surface area (TPSA) is 76.4 Å². The van der Waals surface area contributed by atoms with Crippen LogP contribution in [-0.4, -0.2) is 63.8 Å². The first-order valence-corrected chi connectivity index (χ1v) is 10.8. The Morgan fingerprint density at radius 1 is 1.13 bits per heavy atom. The Labute approximate surface area is 186 Å².